The van der Waals surface area contributed by atoms with Crippen LogP contribution in [0.15, 0.2) is 0 Å². The van der Waals surface area contributed by atoms with Gasteiger partial charge in [0, 0.05) is 41.6 Å². The highest BCUT2D eigenvalue weighted by Gasteiger charge is 2.15. The van der Waals surface area contributed by atoms with E-state index in [2.05, 4.69) is 50.8 Å². The van der Waals surface area contributed by atoms with E-state index in [1.54, 1.807) is 59.9 Å². The van der Waals surface area contributed by atoms with Gasteiger partial charge in [-0.05, 0) is 49.3 Å². The molecule has 0 aromatic heterocycles. The van der Waals surface area contributed by atoms with Crippen LogP contribution < -0.4 is 38.1 Å². The molecular formula is C23H84N9O13PS6. The molecule has 0 saturated carbocycles. The molecule has 29 heteroatoms. The van der Waals surface area contributed by atoms with Gasteiger partial charge in [-0.25, -0.2) is 67.5 Å². The van der Waals surface area contributed by atoms with Gasteiger partial charge < -0.3 is 9.05 Å². The summed E-state index contributed by atoms with van der Waals surface area (Å²) in [6.07, 6.45) is 2.69. The Morgan fingerprint density at radius 2 is 0.904 bits per heavy atom. The molecule has 0 rings (SSSR count). The number of rotatable bonds is 13. The summed E-state index contributed by atoms with van der Waals surface area (Å²) < 4.78 is 126. The third-order valence-electron chi connectivity index (χ3n) is 3.08. The van der Waals surface area contributed by atoms with E-state index < -0.39 is 72.7 Å². The molecule has 0 bridgehead atoms. The molecule has 0 radical (unpaired) electrons. The van der Waals surface area contributed by atoms with Gasteiger partial charge in [-0.2, -0.15) is 13.1 Å². The van der Waals surface area contributed by atoms with Crippen molar-refractivity contribution in [3.05, 3.63) is 0 Å². The predicted molar refractivity (Wildman–Crippen MR) is 231 cm³/mol. The molecule has 0 aliphatic heterocycles. The highest BCUT2D eigenvalue weighted by Crippen LogP contribution is 2.39. The second-order valence-electron chi connectivity index (χ2n) is 6.09. The van der Waals surface area contributed by atoms with Gasteiger partial charge in [-0.1, -0.05) is 52.0 Å². The first kappa shape index (κ1) is 93.8. The first-order valence-corrected chi connectivity index (χ1v) is 21.1. The van der Waals surface area contributed by atoms with Crippen LogP contribution in [-0.2, 0) is 86.9 Å². The molecule has 0 saturated heterocycles. The second-order valence-corrected chi connectivity index (χ2v) is 17.4. The molecule has 0 fully saturated rings. The standard InChI is InChI=1S/C3H10N2OS.C3H10NO3P.C2H8N2OS.C2H7NO3S.2C2H7NO2S.C2H7NOS.7CH4/c1-4-7(6)5(2)3;1-4-8(5,6-2)7-3;1-3-6(5)4-2;1-3-7(4,5)6-2;1-3-6(2,4)5;1-3-6(4)5-2;1-3-5(2)4;;;;;;;/h4H,1-3H3;1-3H3,(H,4,5);3-4H,1-2H3;3H,1-2H3;2*3H,1-2H3;3H,1-2H3;7*1H4. The highest BCUT2D eigenvalue weighted by molar-refractivity contribution is 7.88. The Hall–Kier alpha value is 0.210. The summed E-state index contributed by atoms with van der Waals surface area (Å²) in [6.45, 7) is 0. The molecule has 0 aliphatic carbocycles. The van der Waals surface area contributed by atoms with E-state index in [-0.39, 0.29) is 52.0 Å². The Labute approximate surface area is 332 Å². The molecule has 3 atom stereocenters. The third kappa shape index (κ3) is 104. The van der Waals surface area contributed by atoms with Gasteiger partial charge in [0.2, 0.25) is 21.3 Å². The van der Waals surface area contributed by atoms with Crippen LogP contribution in [0.1, 0.15) is 52.0 Å². The highest BCUT2D eigenvalue weighted by atomic mass is 32.2. The Bertz CT molecular complexity index is 963. The fraction of sp³-hybridized carbons (Fsp3) is 1.00. The minimum absolute atomic E-state index is 0. The maximum atomic E-state index is 10.8. The lowest BCUT2D eigenvalue weighted by atomic mass is 11.3. The van der Waals surface area contributed by atoms with E-state index in [9.17, 15) is 38.2 Å². The van der Waals surface area contributed by atoms with Crippen molar-refractivity contribution in [1.82, 2.24) is 42.4 Å². The van der Waals surface area contributed by atoms with Crippen LogP contribution in [-0.4, -0.2) is 149 Å². The summed E-state index contributed by atoms with van der Waals surface area (Å²) in [5.41, 5.74) is 0. The average molecular weight is 918 g/mol. The Kier molecular flexibility index (Phi) is 114. The molecule has 340 valence electrons. The monoisotopic (exact) mass is 917 g/mol. The van der Waals surface area contributed by atoms with Crippen molar-refractivity contribution in [2.75, 3.05) is 111 Å². The van der Waals surface area contributed by atoms with Gasteiger partial charge in [0.05, 0.1) is 31.5 Å². The Morgan fingerprint density at radius 1 is 0.596 bits per heavy atom. The zero-order chi connectivity index (χ0) is 37.9. The zero-order valence-electron chi connectivity index (χ0n) is 28.7. The number of hydrogen-bond donors (Lipinski definition) is 8. The molecule has 0 heterocycles. The minimum atomic E-state index is -3.41. The van der Waals surface area contributed by atoms with E-state index in [1.807, 2.05) is 4.72 Å². The van der Waals surface area contributed by atoms with Gasteiger partial charge in [0.15, 0.2) is 22.3 Å². The van der Waals surface area contributed by atoms with Gasteiger partial charge >= 0.3 is 18.1 Å². The van der Waals surface area contributed by atoms with Gasteiger partial charge in [-0.3, -0.25) is 8.37 Å². The summed E-state index contributed by atoms with van der Waals surface area (Å²) in [5, 5.41) is 2.39. The van der Waals surface area contributed by atoms with Crippen LogP contribution in [0.25, 0.3) is 0 Å². The summed E-state index contributed by atoms with van der Waals surface area (Å²) in [7, 11) is 10.8. The largest absolute Gasteiger partial charge is 0.404 e. The Balaban J connectivity index is -0.0000000265. The molecule has 8 N–H and O–H groups in total. The molecule has 22 nitrogen and oxygen atoms in total. The number of nitrogens with zero attached hydrogens (tertiary/aromatic N) is 1. The molecule has 0 amide bonds. The minimum Gasteiger partial charge on any atom is -0.300 e. The van der Waals surface area contributed by atoms with E-state index >= 15 is 0 Å². The summed E-state index contributed by atoms with van der Waals surface area (Å²) in [4.78, 5) is 0. The summed E-state index contributed by atoms with van der Waals surface area (Å²) in [5.74, 6) is 0. The third-order valence-corrected chi connectivity index (χ3v) is 9.23. The van der Waals surface area contributed by atoms with E-state index in [1.165, 1.54) is 42.5 Å². The van der Waals surface area contributed by atoms with E-state index in [4.69, 9.17) is 0 Å². The smallest absolute Gasteiger partial charge is 0.300 e. The fourth-order valence-electron chi connectivity index (χ4n) is 0.708. The van der Waals surface area contributed by atoms with Gasteiger partial charge in [0.25, 0.3) is 0 Å². The molecular weight excluding hydrogens is 834 g/mol. The SMILES string of the molecule is C.C.C.C.C.C.C.CNP(=O)(OC)OC.CNS(=O)(=O)OC.CNS(=O)N(C)C.CNS(=O)NC.CNS(=O)OC.CNS(C)(=O)=O.CNS(C)=O. The van der Waals surface area contributed by atoms with Crippen molar-refractivity contribution in [3.8, 4) is 0 Å². The maximum absolute atomic E-state index is 10.8. The van der Waals surface area contributed by atoms with Crippen molar-refractivity contribution in [1.29, 1.82) is 0 Å². The molecule has 0 spiro atoms. The first-order valence-electron chi connectivity index (χ1n) is 11.4. The first-order chi connectivity index (χ1) is 20.4. The molecule has 52 heavy (non-hydrogen) atoms. The lowest BCUT2D eigenvalue weighted by Gasteiger charge is -2.09. The molecule has 3 unspecified atom stereocenters. The van der Waals surface area contributed by atoms with Crippen LogP contribution in [0, 0.1) is 0 Å². The van der Waals surface area contributed by atoms with Crippen LogP contribution >= 0.6 is 7.75 Å². The zero-order valence-corrected chi connectivity index (χ0v) is 34.4. The van der Waals surface area contributed by atoms with Crippen molar-refractivity contribution in [2.24, 2.45) is 0 Å². The van der Waals surface area contributed by atoms with Gasteiger partial charge in [0.1, 0.15) is 0 Å². The van der Waals surface area contributed by atoms with Crippen molar-refractivity contribution >= 4 is 72.7 Å². The topological polar surface area (TPSA) is 290 Å². The van der Waals surface area contributed by atoms with Crippen LogP contribution in [0.5, 0.6) is 0 Å². The lowest BCUT2D eigenvalue weighted by Crippen LogP contribution is -2.25. The van der Waals surface area contributed by atoms with E-state index in [0.29, 0.717) is 0 Å². The lowest BCUT2D eigenvalue weighted by molar-refractivity contribution is 0.267. The van der Waals surface area contributed by atoms with Crippen molar-refractivity contribution in [2.45, 2.75) is 52.0 Å². The quantitative estimate of drug-likeness (QED) is 0.118. The molecule has 0 aromatic carbocycles. The normalized spacial score (nSPS) is 11.0. The maximum Gasteiger partial charge on any atom is 0.404 e. The van der Waals surface area contributed by atoms with Crippen LogP contribution in [0.4, 0.5) is 0 Å². The summed E-state index contributed by atoms with van der Waals surface area (Å²) in [6, 6.07) is 0. The van der Waals surface area contributed by atoms with Crippen LogP contribution in [0.3, 0.4) is 0 Å². The summed E-state index contributed by atoms with van der Waals surface area (Å²) >= 11 is -3.31. The number of nitrogens with one attached hydrogen (secondary N) is 8. The second kappa shape index (κ2) is 63.2. The molecule has 0 aliphatic rings. The fourth-order valence-corrected chi connectivity index (χ4v) is 2.13. The predicted octanol–water partition coefficient (Wildman–Crippen LogP) is 0.602. The van der Waals surface area contributed by atoms with Gasteiger partial charge in [-0.15, -0.1) is 0 Å². The van der Waals surface area contributed by atoms with E-state index in [0.717, 1.165) is 13.4 Å². The number of hydrogen-bond acceptors (Lipinski definition) is 13. The van der Waals surface area contributed by atoms with Crippen LogP contribution in [0.2, 0.25) is 0 Å². The number of sulfonamides is 1. The molecule has 0 aromatic rings. The van der Waals surface area contributed by atoms with Crippen molar-refractivity contribution < 1.29 is 55.6 Å². The Morgan fingerprint density at radius 3 is 0.904 bits per heavy atom. The van der Waals surface area contributed by atoms with Crippen molar-refractivity contribution in [3.63, 3.8) is 0 Å². The average Bonchev–Trinajstić information content (AvgIpc) is 3.04.